The third kappa shape index (κ3) is 2.53. The van der Waals surface area contributed by atoms with Crippen molar-refractivity contribution in [2.45, 2.75) is 26.3 Å². The van der Waals surface area contributed by atoms with E-state index in [0.29, 0.717) is 6.54 Å². The summed E-state index contributed by atoms with van der Waals surface area (Å²) in [5.74, 6) is 0. The molecule has 0 saturated carbocycles. The van der Waals surface area contributed by atoms with Crippen molar-refractivity contribution in [1.82, 2.24) is 4.98 Å². The van der Waals surface area contributed by atoms with Crippen molar-refractivity contribution >= 4 is 16.5 Å². The van der Waals surface area contributed by atoms with Crippen molar-refractivity contribution in [3.05, 3.63) is 10.6 Å². The van der Waals surface area contributed by atoms with Gasteiger partial charge in [-0.25, -0.2) is 4.98 Å². The van der Waals surface area contributed by atoms with Crippen LogP contribution in [0.4, 0.5) is 5.13 Å². The van der Waals surface area contributed by atoms with Crippen molar-refractivity contribution in [3.8, 4) is 0 Å². The summed E-state index contributed by atoms with van der Waals surface area (Å²) >= 11 is 1.74. The third-order valence-corrected chi connectivity index (χ3v) is 3.90. The van der Waals surface area contributed by atoms with Crippen LogP contribution in [0.25, 0.3) is 0 Å². The number of thiazole rings is 1. The van der Waals surface area contributed by atoms with Gasteiger partial charge in [-0.2, -0.15) is 0 Å². The van der Waals surface area contributed by atoms with Gasteiger partial charge >= 0.3 is 0 Å². The minimum absolute atomic E-state index is 0.608. The molecular formula is C11H19N3OS. The van der Waals surface area contributed by atoms with E-state index in [1.54, 1.807) is 11.3 Å². The first kappa shape index (κ1) is 11.8. The van der Waals surface area contributed by atoms with Crippen LogP contribution in [0, 0.1) is 0 Å². The second-order valence-corrected chi connectivity index (χ2v) is 4.98. The summed E-state index contributed by atoms with van der Waals surface area (Å²) in [7, 11) is 0. The Bertz CT molecular complexity index is 334. The second kappa shape index (κ2) is 5.61. The molecule has 16 heavy (non-hydrogen) atoms. The Morgan fingerprint density at radius 1 is 1.44 bits per heavy atom. The molecule has 1 fully saturated rings. The average Bonchev–Trinajstić information content (AvgIpc) is 2.74. The number of hydrogen-bond donors (Lipinski definition) is 1. The Labute approximate surface area is 100 Å². The van der Waals surface area contributed by atoms with E-state index >= 15 is 0 Å². The fourth-order valence-corrected chi connectivity index (χ4v) is 2.89. The lowest BCUT2D eigenvalue weighted by Gasteiger charge is -2.26. The van der Waals surface area contributed by atoms with Crippen molar-refractivity contribution in [3.63, 3.8) is 0 Å². The zero-order valence-corrected chi connectivity index (χ0v) is 10.6. The number of ether oxygens (including phenoxy) is 1. The summed E-state index contributed by atoms with van der Waals surface area (Å²) in [5, 5.41) is 1.12. The number of aryl methyl sites for hydroxylation is 1. The summed E-state index contributed by atoms with van der Waals surface area (Å²) in [5.41, 5.74) is 6.94. The smallest absolute Gasteiger partial charge is 0.185 e. The first-order valence-corrected chi connectivity index (χ1v) is 6.68. The number of anilines is 1. The molecule has 1 aliphatic rings. The lowest BCUT2D eigenvalue weighted by atomic mass is 10.2. The maximum atomic E-state index is 5.75. The van der Waals surface area contributed by atoms with Gasteiger partial charge in [0.15, 0.2) is 5.13 Å². The van der Waals surface area contributed by atoms with Gasteiger partial charge in [0.2, 0.25) is 0 Å². The van der Waals surface area contributed by atoms with Crippen LogP contribution in [0.15, 0.2) is 0 Å². The Morgan fingerprint density at radius 3 is 2.81 bits per heavy atom. The zero-order valence-electron chi connectivity index (χ0n) is 9.74. The van der Waals surface area contributed by atoms with Crippen molar-refractivity contribution in [2.24, 2.45) is 5.73 Å². The lowest BCUT2D eigenvalue weighted by molar-refractivity contribution is 0.122. The van der Waals surface area contributed by atoms with Crippen molar-refractivity contribution in [1.29, 1.82) is 0 Å². The maximum absolute atomic E-state index is 5.75. The van der Waals surface area contributed by atoms with Gasteiger partial charge in [-0.15, -0.1) is 11.3 Å². The largest absolute Gasteiger partial charge is 0.378 e. The number of nitrogens with two attached hydrogens (primary N) is 1. The molecule has 1 aliphatic heterocycles. The molecule has 0 aromatic carbocycles. The van der Waals surface area contributed by atoms with E-state index in [-0.39, 0.29) is 0 Å². The van der Waals surface area contributed by atoms with Gasteiger partial charge in [0.1, 0.15) is 0 Å². The van der Waals surface area contributed by atoms with Crippen LogP contribution in [-0.2, 0) is 17.7 Å². The quantitative estimate of drug-likeness (QED) is 0.865. The lowest BCUT2D eigenvalue weighted by Crippen LogP contribution is -2.36. The number of nitrogens with zero attached hydrogens (tertiary/aromatic N) is 2. The number of hydrogen-bond acceptors (Lipinski definition) is 5. The van der Waals surface area contributed by atoms with E-state index in [4.69, 9.17) is 15.5 Å². The molecule has 0 bridgehead atoms. The molecule has 2 rings (SSSR count). The number of rotatable bonds is 4. The van der Waals surface area contributed by atoms with Crippen LogP contribution in [0.5, 0.6) is 0 Å². The van der Waals surface area contributed by atoms with Gasteiger partial charge in [0.25, 0.3) is 0 Å². The molecule has 4 nitrogen and oxygen atoms in total. The third-order valence-electron chi connectivity index (χ3n) is 2.72. The molecule has 0 amide bonds. The molecule has 2 N–H and O–H groups in total. The fraction of sp³-hybridized carbons (Fsp3) is 0.727. The van der Waals surface area contributed by atoms with Crippen LogP contribution >= 0.6 is 11.3 Å². The molecule has 2 heterocycles. The van der Waals surface area contributed by atoms with Gasteiger partial charge in [0.05, 0.1) is 18.9 Å². The van der Waals surface area contributed by atoms with Gasteiger partial charge in [-0.05, 0) is 6.42 Å². The molecule has 1 aromatic heterocycles. The summed E-state index contributed by atoms with van der Waals surface area (Å²) in [4.78, 5) is 8.24. The topological polar surface area (TPSA) is 51.4 Å². The van der Waals surface area contributed by atoms with Gasteiger partial charge in [-0.1, -0.05) is 13.3 Å². The number of aromatic nitrogens is 1. The molecule has 90 valence electrons. The Hall–Kier alpha value is -0.650. The molecule has 0 unspecified atom stereocenters. The van der Waals surface area contributed by atoms with E-state index in [1.165, 1.54) is 10.6 Å². The normalized spacial score (nSPS) is 16.8. The Balaban J connectivity index is 2.14. The van der Waals surface area contributed by atoms with Crippen LogP contribution in [0.1, 0.15) is 23.9 Å². The molecule has 0 spiro atoms. The SMILES string of the molecule is CCCc1nc(N2CCOCC2)sc1CN. The molecular weight excluding hydrogens is 222 g/mol. The monoisotopic (exact) mass is 241 g/mol. The fourth-order valence-electron chi connectivity index (χ4n) is 1.85. The summed E-state index contributed by atoms with van der Waals surface area (Å²) < 4.78 is 5.34. The predicted octanol–water partition coefficient (Wildman–Crippen LogP) is 1.39. The second-order valence-electron chi connectivity index (χ2n) is 3.92. The minimum Gasteiger partial charge on any atom is -0.378 e. The molecule has 1 saturated heterocycles. The van der Waals surface area contributed by atoms with Gasteiger partial charge in [0, 0.05) is 24.5 Å². The number of morpholine rings is 1. The van der Waals surface area contributed by atoms with E-state index in [2.05, 4.69) is 11.8 Å². The minimum atomic E-state index is 0.608. The van der Waals surface area contributed by atoms with Crippen LogP contribution in [-0.4, -0.2) is 31.3 Å². The van der Waals surface area contributed by atoms with Gasteiger partial charge in [-0.3, -0.25) is 0 Å². The van der Waals surface area contributed by atoms with E-state index < -0.39 is 0 Å². The first-order valence-electron chi connectivity index (χ1n) is 5.86. The van der Waals surface area contributed by atoms with E-state index in [1.807, 2.05) is 0 Å². The molecule has 5 heteroatoms. The highest BCUT2D eigenvalue weighted by Crippen LogP contribution is 2.27. The van der Waals surface area contributed by atoms with Crippen molar-refractivity contribution < 1.29 is 4.74 Å². The standard InChI is InChI=1S/C11H19N3OS/c1-2-3-9-10(8-12)16-11(13-9)14-4-6-15-7-5-14/h2-8,12H2,1H3. The highest BCUT2D eigenvalue weighted by atomic mass is 32.1. The predicted molar refractivity (Wildman–Crippen MR) is 67.0 cm³/mol. The van der Waals surface area contributed by atoms with Gasteiger partial charge < -0.3 is 15.4 Å². The maximum Gasteiger partial charge on any atom is 0.185 e. The molecule has 0 aliphatic carbocycles. The summed E-state index contributed by atoms with van der Waals surface area (Å²) in [6, 6.07) is 0. The molecule has 0 radical (unpaired) electrons. The van der Waals surface area contributed by atoms with E-state index in [9.17, 15) is 0 Å². The highest BCUT2D eigenvalue weighted by molar-refractivity contribution is 7.15. The zero-order chi connectivity index (χ0) is 11.4. The Kier molecular flexibility index (Phi) is 4.15. The summed E-state index contributed by atoms with van der Waals surface area (Å²) in [6.07, 6.45) is 2.16. The van der Waals surface area contributed by atoms with E-state index in [0.717, 1.165) is 44.3 Å². The van der Waals surface area contributed by atoms with Crippen LogP contribution in [0.2, 0.25) is 0 Å². The summed E-state index contributed by atoms with van der Waals surface area (Å²) in [6.45, 7) is 6.29. The van der Waals surface area contributed by atoms with Crippen LogP contribution in [0.3, 0.4) is 0 Å². The Morgan fingerprint density at radius 2 is 2.19 bits per heavy atom. The average molecular weight is 241 g/mol. The van der Waals surface area contributed by atoms with Crippen LogP contribution < -0.4 is 10.6 Å². The van der Waals surface area contributed by atoms with Crippen molar-refractivity contribution in [2.75, 3.05) is 31.2 Å². The highest BCUT2D eigenvalue weighted by Gasteiger charge is 2.17. The first-order chi connectivity index (χ1) is 7.85. The molecule has 0 atom stereocenters. The molecule has 1 aromatic rings.